The fraction of sp³-hybridized carbons (Fsp3) is 0.579. The van der Waals surface area contributed by atoms with Crippen molar-refractivity contribution in [3.05, 3.63) is 26.9 Å². The van der Waals surface area contributed by atoms with Gasteiger partial charge in [-0.2, -0.15) is 4.98 Å². The summed E-state index contributed by atoms with van der Waals surface area (Å²) in [7, 11) is 5.65. The number of anilines is 2. The molecule has 0 spiro atoms. The lowest BCUT2D eigenvalue weighted by molar-refractivity contribution is 0.226. The van der Waals surface area contributed by atoms with Crippen LogP contribution >= 0.6 is 11.6 Å². The van der Waals surface area contributed by atoms with Crippen molar-refractivity contribution in [2.45, 2.75) is 32.4 Å². The van der Waals surface area contributed by atoms with Crippen molar-refractivity contribution in [3.8, 4) is 0 Å². The third-order valence-electron chi connectivity index (χ3n) is 5.99. The highest BCUT2D eigenvalue weighted by molar-refractivity contribution is 6.36. The minimum Gasteiger partial charge on any atom is -0.373 e. The Hall–Kier alpha value is -1.86. The van der Waals surface area contributed by atoms with Crippen molar-refractivity contribution in [2.24, 2.45) is 7.05 Å². The topological polar surface area (TPSA) is 44.6 Å². The highest BCUT2D eigenvalue weighted by atomic mass is 35.5. The van der Waals surface area contributed by atoms with Crippen LogP contribution in [0, 0.1) is 12.7 Å². The quantitative estimate of drug-likeness (QED) is 0.687. The molecule has 6 nitrogen and oxygen atoms in total. The molecule has 3 heterocycles. The number of piperazine rings is 1. The third-order valence-corrected chi connectivity index (χ3v) is 6.45. The summed E-state index contributed by atoms with van der Waals surface area (Å²) in [6.45, 7) is 6.33. The second-order valence-electron chi connectivity index (χ2n) is 7.94. The van der Waals surface area contributed by atoms with E-state index in [0.29, 0.717) is 21.8 Å². The molecule has 2 unspecified atom stereocenters. The summed E-state index contributed by atoms with van der Waals surface area (Å²) in [5, 5.41) is 1.03. The Kier molecular flexibility index (Phi) is 4.35. The Balaban J connectivity index is 2.16. The summed E-state index contributed by atoms with van der Waals surface area (Å²) in [6.07, 6.45) is 0.912. The molecule has 4 rings (SSSR count). The first-order valence-corrected chi connectivity index (χ1v) is 9.66. The van der Waals surface area contributed by atoms with Crippen molar-refractivity contribution in [1.82, 2.24) is 14.5 Å². The van der Waals surface area contributed by atoms with E-state index in [1.807, 2.05) is 7.05 Å². The van der Waals surface area contributed by atoms with E-state index in [0.717, 1.165) is 31.7 Å². The van der Waals surface area contributed by atoms with E-state index in [-0.39, 0.29) is 17.6 Å². The molecule has 2 aliphatic rings. The number of halogens is 2. The summed E-state index contributed by atoms with van der Waals surface area (Å²) in [4.78, 5) is 23.6. The summed E-state index contributed by atoms with van der Waals surface area (Å²) in [6, 6.07) is 0.372. The van der Waals surface area contributed by atoms with Crippen LogP contribution in [-0.4, -0.2) is 60.3 Å². The monoisotopic (exact) mass is 393 g/mol. The van der Waals surface area contributed by atoms with Gasteiger partial charge in [0.1, 0.15) is 5.82 Å². The van der Waals surface area contributed by atoms with Crippen LogP contribution in [0.5, 0.6) is 0 Å². The van der Waals surface area contributed by atoms with Crippen molar-refractivity contribution >= 4 is 34.0 Å². The molecule has 1 fully saturated rings. The SMILES string of the molecule is Cc1c(Cl)c2c3c(nc(=O)n(C)c3c1F)N1C(C)CN(C)CC1CCN2C. The summed E-state index contributed by atoms with van der Waals surface area (Å²) < 4.78 is 16.5. The van der Waals surface area contributed by atoms with Crippen molar-refractivity contribution in [3.63, 3.8) is 0 Å². The molecule has 0 aliphatic carbocycles. The molecule has 8 heteroatoms. The second-order valence-corrected chi connectivity index (χ2v) is 8.32. The van der Waals surface area contributed by atoms with Gasteiger partial charge in [-0.15, -0.1) is 0 Å². The predicted molar refractivity (Wildman–Crippen MR) is 108 cm³/mol. The van der Waals surface area contributed by atoms with Crippen LogP contribution in [0.4, 0.5) is 15.9 Å². The van der Waals surface area contributed by atoms with Crippen LogP contribution in [-0.2, 0) is 7.05 Å². The Labute approximate surface area is 163 Å². The van der Waals surface area contributed by atoms with E-state index < -0.39 is 11.5 Å². The molecular formula is C19H25ClFN5O. The van der Waals surface area contributed by atoms with Crippen LogP contribution < -0.4 is 15.5 Å². The van der Waals surface area contributed by atoms with Gasteiger partial charge in [-0.25, -0.2) is 9.18 Å². The lowest BCUT2D eigenvalue weighted by Gasteiger charge is -2.47. The zero-order chi connectivity index (χ0) is 19.6. The number of aryl methyl sites for hydroxylation is 1. The summed E-state index contributed by atoms with van der Waals surface area (Å²) in [5.74, 6) is 0.107. The first-order chi connectivity index (χ1) is 12.7. The zero-order valence-electron chi connectivity index (χ0n) is 16.4. The highest BCUT2D eigenvalue weighted by Gasteiger charge is 2.37. The molecule has 0 saturated carbocycles. The third kappa shape index (κ3) is 2.63. The molecule has 1 aromatic heterocycles. The average Bonchev–Trinajstić information content (AvgIpc) is 2.59. The van der Waals surface area contributed by atoms with Gasteiger partial charge in [-0.1, -0.05) is 11.6 Å². The number of nitrogens with zero attached hydrogens (tertiary/aromatic N) is 5. The lowest BCUT2D eigenvalue weighted by atomic mass is 9.99. The minimum atomic E-state index is -0.450. The van der Waals surface area contributed by atoms with Gasteiger partial charge in [-0.3, -0.25) is 4.57 Å². The molecule has 0 bridgehead atoms. The standard InChI is InChI=1S/C19H25ClFN5O/c1-10-8-23(3)9-12-6-7-24(4)16-13-17(15(21)11(2)14(16)20)25(5)19(27)22-18(13)26(10)12/h10,12H,6-9H2,1-5H3. The minimum absolute atomic E-state index is 0.163. The fourth-order valence-electron chi connectivity index (χ4n) is 4.66. The second kappa shape index (κ2) is 6.34. The number of aromatic nitrogens is 2. The lowest BCUT2D eigenvalue weighted by Crippen LogP contribution is -2.58. The zero-order valence-corrected chi connectivity index (χ0v) is 17.1. The maximum absolute atomic E-state index is 15.2. The van der Waals surface area contributed by atoms with Crippen LogP contribution in [0.2, 0.25) is 5.02 Å². The van der Waals surface area contributed by atoms with Gasteiger partial charge in [0.2, 0.25) is 0 Å². The van der Waals surface area contributed by atoms with Crippen LogP contribution in [0.15, 0.2) is 4.79 Å². The van der Waals surface area contributed by atoms with Crippen molar-refractivity contribution < 1.29 is 4.39 Å². The van der Waals surface area contributed by atoms with Gasteiger partial charge in [0.05, 0.1) is 21.6 Å². The Morgan fingerprint density at radius 1 is 1.22 bits per heavy atom. The molecule has 1 saturated heterocycles. The van der Waals surface area contributed by atoms with E-state index in [1.54, 1.807) is 14.0 Å². The molecular weight excluding hydrogens is 369 g/mol. The molecule has 2 atom stereocenters. The summed E-state index contributed by atoms with van der Waals surface area (Å²) >= 11 is 6.61. The number of hydrogen-bond donors (Lipinski definition) is 0. The number of hydrogen-bond acceptors (Lipinski definition) is 5. The number of benzene rings is 1. The van der Waals surface area contributed by atoms with Crippen molar-refractivity contribution in [1.29, 1.82) is 0 Å². The van der Waals surface area contributed by atoms with E-state index in [4.69, 9.17) is 11.6 Å². The molecule has 0 amide bonds. The van der Waals surface area contributed by atoms with Gasteiger partial charge >= 0.3 is 5.69 Å². The predicted octanol–water partition coefficient (Wildman–Crippen LogP) is 2.38. The molecule has 2 aliphatic heterocycles. The fourth-order valence-corrected chi connectivity index (χ4v) is 4.98. The normalized spacial score (nSPS) is 23.4. The maximum atomic E-state index is 15.2. The van der Waals surface area contributed by atoms with Crippen LogP contribution in [0.25, 0.3) is 10.9 Å². The van der Waals surface area contributed by atoms with Gasteiger partial charge < -0.3 is 14.7 Å². The number of rotatable bonds is 0. The Morgan fingerprint density at radius 2 is 1.93 bits per heavy atom. The summed E-state index contributed by atoms with van der Waals surface area (Å²) in [5.41, 5.74) is 0.952. The first-order valence-electron chi connectivity index (χ1n) is 9.28. The van der Waals surface area contributed by atoms with Gasteiger partial charge in [0.15, 0.2) is 5.82 Å². The molecule has 1 aromatic carbocycles. The van der Waals surface area contributed by atoms with Crippen molar-refractivity contribution in [2.75, 3.05) is 43.5 Å². The smallest absolute Gasteiger partial charge is 0.349 e. The van der Waals surface area contributed by atoms with Gasteiger partial charge in [0, 0.05) is 51.4 Å². The maximum Gasteiger partial charge on any atom is 0.349 e. The number of fused-ring (bicyclic) bond motifs is 2. The number of likely N-dealkylation sites (N-methyl/N-ethyl adjacent to an activating group) is 1. The van der Waals surface area contributed by atoms with E-state index >= 15 is 4.39 Å². The molecule has 2 aromatic rings. The largest absolute Gasteiger partial charge is 0.373 e. The Morgan fingerprint density at radius 3 is 2.63 bits per heavy atom. The molecule has 0 N–H and O–H groups in total. The van der Waals surface area contributed by atoms with E-state index in [1.165, 1.54) is 4.57 Å². The van der Waals surface area contributed by atoms with Gasteiger partial charge in [-0.05, 0) is 27.3 Å². The molecule has 146 valence electrons. The van der Waals surface area contributed by atoms with Crippen LogP contribution in [0.3, 0.4) is 0 Å². The van der Waals surface area contributed by atoms with E-state index in [2.05, 4.69) is 33.7 Å². The highest BCUT2D eigenvalue weighted by Crippen LogP contribution is 2.44. The first kappa shape index (κ1) is 18.5. The van der Waals surface area contributed by atoms with E-state index in [9.17, 15) is 4.79 Å². The van der Waals surface area contributed by atoms with Crippen LogP contribution in [0.1, 0.15) is 18.9 Å². The molecule has 27 heavy (non-hydrogen) atoms. The van der Waals surface area contributed by atoms with Gasteiger partial charge in [0.25, 0.3) is 0 Å². The molecule has 0 radical (unpaired) electrons. The average molecular weight is 394 g/mol. The Bertz CT molecular complexity index is 991.